The molecule has 0 aliphatic heterocycles. The van der Waals surface area contributed by atoms with E-state index >= 15 is 0 Å². The first-order valence-electron chi connectivity index (χ1n) is 30.5. The predicted octanol–water partition coefficient (Wildman–Crippen LogP) is 19.7. The summed E-state index contributed by atoms with van der Waals surface area (Å²) in [7, 11) is -9.23. The second-order valence-corrected chi connectivity index (χ2v) is 23.2. The van der Waals surface area contributed by atoms with Crippen LogP contribution in [-0.2, 0) is 29.2 Å². The van der Waals surface area contributed by atoms with Gasteiger partial charge < -0.3 is 9.11 Å². The first-order valence-corrected chi connectivity index (χ1v) is 33.2. The van der Waals surface area contributed by atoms with E-state index in [9.17, 15) is 25.9 Å². The van der Waals surface area contributed by atoms with E-state index in [1.807, 2.05) is 0 Å². The Morgan fingerprint density at radius 2 is 0.493 bits per heavy atom. The van der Waals surface area contributed by atoms with Gasteiger partial charge >= 0.3 is 37.7 Å². The zero-order chi connectivity index (χ0) is 51.8. The number of rotatable bonds is 56. The Labute approximate surface area is 474 Å². The van der Waals surface area contributed by atoms with Gasteiger partial charge in [0.1, 0.15) is 0 Å². The largest absolute Gasteiger partial charge is 2.00 e. The van der Waals surface area contributed by atoms with Crippen molar-refractivity contribution >= 4 is 58.5 Å². The molecule has 0 aromatic rings. The number of allylic oxidation sites excluding steroid dienone is 2. The molecular weight excluding hydrogens is 953 g/mol. The molecule has 2 unspecified atom stereocenters. The maximum absolute atomic E-state index is 10.9. The fourth-order valence-electron chi connectivity index (χ4n) is 9.38. The predicted molar refractivity (Wildman–Crippen MR) is 307 cm³/mol. The smallest absolute Gasteiger partial charge is 0.726 e. The van der Waals surface area contributed by atoms with Crippen molar-refractivity contribution in [3.8, 4) is 0 Å². The Bertz CT molecular complexity index is 1190. The Kier molecular flexibility index (Phi) is 65.4. The number of hydrogen-bond donors (Lipinski definition) is 0. The summed E-state index contributed by atoms with van der Waals surface area (Å²) >= 11 is 0. The van der Waals surface area contributed by atoms with Crippen molar-refractivity contribution in [3.05, 3.63) is 24.3 Å². The molecule has 0 aromatic carbocycles. The van der Waals surface area contributed by atoms with Crippen molar-refractivity contribution < 1.29 is 34.3 Å². The molecule has 420 valence electrons. The van der Waals surface area contributed by atoms with E-state index in [4.69, 9.17) is 0 Å². The molecule has 0 N–H and O–H groups in total. The second-order valence-electron chi connectivity index (χ2n) is 21.1. The summed E-state index contributed by atoms with van der Waals surface area (Å²) in [6.45, 7) is 8.99. The zero-order valence-corrected chi connectivity index (χ0v) is 51.5. The maximum atomic E-state index is 10.9. The van der Waals surface area contributed by atoms with E-state index in [-0.39, 0.29) is 62.8 Å². The van der Waals surface area contributed by atoms with Gasteiger partial charge in [0.2, 0.25) is 20.8 Å². The zero-order valence-electron chi connectivity index (χ0n) is 47.6. The fraction of sp³-hybridized carbons (Fsp3) is 0.933. The van der Waals surface area contributed by atoms with E-state index in [1.54, 1.807) is 0 Å². The van der Waals surface area contributed by atoms with Crippen LogP contribution in [0.1, 0.15) is 336 Å². The first kappa shape index (κ1) is 75.7. The minimum Gasteiger partial charge on any atom is -0.726 e. The molecule has 0 heterocycles. The van der Waals surface area contributed by atoms with Crippen molar-refractivity contribution in [2.24, 2.45) is 11.8 Å². The molecule has 0 bridgehead atoms. The topological polar surface area (TPSA) is 133 Å². The summed E-state index contributed by atoms with van der Waals surface area (Å²) < 4.78 is 74.3. The number of unbranched alkanes of at least 4 members (excludes halogenated alkanes) is 42. The number of hydrogen-bond acceptors (Lipinski definition) is 8. The van der Waals surface area contributed by atoms with Crippen molar-refractivity contribution in [3.63, 3.8) is 0 Å². The molecule has 0 saturated heterocycles. The molecule has 0 amide bonds. The summed E-state index contributed by atoms with van der Waals surface area (Å²) in [6, 6.07) is 0. The van der Waals surface area contributed by atoms with E-state index in [2.05, 4.69) is 60.4 Å². The Balaban J connectivity index is -0.00000128. The molecule has 0 spiro atoms. The summed E-state index contributed by atoms with van der Waals surface area (Å²) in [5.41, 5.74) is 0. The Hall–Kier alpha value is 0.480. The molecule has 0 aliphatic rings. The molecule has 0 saturated carbocycles. The molecule has 0 aromatic heterocycles. The maximum Gasteiger partial charge on any atom is 2.00 e. The van der Waals surface area contributed by atoms with Gasteiger partial charge in [-0.25, -0.2) is 16.8 Å². The van der Waals surface area contributed by atoms with Gasteiger partial charge in [0.15, 0.2) is 0 Å². The van der Waals surface area contributed by atoms with Crippen LogP contribution in [0.3, 0.4) is 0 Å². The van der Waals surface area contributed by atoms with E-state index in [0.717, 1.165) is 38.5 Å². The third-order valence-electron chi connectivity index (χ3n) is 14.0. The van der Waals surface area contributed by atoms with E-state index in [1.165, 1.54) is 270 Å². The van der Waals surface area contributed by atoms with Gasteiger partial charge in [0.05, 0.1) is 13.2 Å². The third-order valence-corrected chi connectivity index (χ3v) is 14.8. The summed E-state index contributed by atoms with van der Waals surface area (Å²) in [5, 5.41) is 0. The van der Waals surface area contributed by atoms with E-state index < -0.39 is 20.8 Å². The molecule has 0 fully saturated rings. The van der Waals surface area contributed by atoms with Gasteiger partial charge in [-0.2, -0.15) is 0 Å². The Morgan fingerprint density at radius 1 is 0.310 bits per heavy atom. The van der Waals surface area contributed by atoms with Crippen LogP contribution in [0, 0.1) is 11.8 Å². The van der Waals surface area contributed by atoms with Crippen LogP contribution in [0.25, 0.3) is 0 Å². The average Bonchev–Trinajstić information content (AvgIpc) is 3.32. The minimum atomic E-state index is -4.61. The molecule has 0 aliphatic carbocycles. The second kappa shape index (κ2) is 61.3. The third kappa shape index (κ3) is 70.5. The molecule has 2 atom stereocenters. The molecule has 71 heavy (non-hydrogen) atoms. The van der Waals surface area contributed by atoms with Crippen LogP contribution in [0.15, 0.2) is 24.3 Å². The van der Waals surface area contributed by atoms with Gasteiger partial charge in [-0.05, 0) is 38.5 Å². The molecular formula is C60H118CaO8S2. The van der Waals surface area contributed by atoms with Gasteiger partial charge in [0.25, 0.3) is 0 Å². The Morgan fingerprint density at radius 3 is 0.690 bits per heavy atom. The van der Waals surface area contributed by atoms with Crippen LogP contribution < -0.4 is 0 Å². The van der Waals surface area contributed by atoms with Crippen LogP contribution in [0.5, 0.6) is 0 Å². The van der Waals surface area contributed by atoms with Crippen LogP contribution >= 0.6 is 0 Å². The van der Waals surface area contributed by atoms with Gasteiger partial charge in [-0.15, -0.1) is 0 Å². The molecule has 8 nitrogen and oxygen atoms in total. The van der Waals surface area contributed by atoms with Crippen LogP contribution in [-0.4, -0.2) is 76.9 Å². The molecule has 11 heteroatoms. The normalized spacial score (nSPS) is 12.9. The minimum absolute atomic E-state index is 0. The van der Waals surface area contributed by atoms with E-state index in [0.29, 0.717) is 0 Å². The SMILES string of the molecule is CCCCCCCCCCCCCCC/C=C/C(CCCCCCCCCCC)COS(=O)(=O)[O-].CCCCCCCCCCCCCCC/C=C/C(CCCCCCCCCCC)COS(=O)(=O)[O-].[Ca+2]. The van der Waals surface area contributed by atoms with Crippen molar-refractivity contribution in [2.75, 3.05) is 13.2 Å². The van der Waals surface area contributed by atoms with Gasteiger partial charge in [-0.3, -0.25) is 8.37 Å². The summed E-state index contributed by atoms with van der Waals surface area (Å²) in [4.78, 5) is 0. The van der Waals surface area contributed by atoms with Gasteiger partial charge in [-0.1, -0.05) is 322 Å². The standard InChI is InChI=1S/2C30H60O4S.Ca/c2*1-3-5-7-9-11-13-14-15-16-17-18-20-22-24-26-28-30(29-34-35(31,32)33)27-25-23-21-19-12-10-8-6-4-2;/h2*26,28,30H,3-25,27,29H2,1-2H3,(H,31,32,33);/q;;+2/p-2/b2*28-26+;. The van der Waals surface area contributed by atoms with Crippen molar-refractivity contribution in [1.82, 2.24) is 0 Å². The molecule has 0 radical (unpaired) electrons. The average molecular weight is 1070 g/mol. The molecule has 0 rings (SSSR count). The summed E-state index contributed by atoms with van der Waals surface area (Å²) in [5.74, 6) is 0.0375. The monoisotopic (exact) mass is 1070 g/mol. The van der Waals surface area contributed by atoms with Crippen molar-refractivity contribution in [1.29, 1.82) is 0 Å². The van der Waals surface area contributed by atoms with Gasteiger partial charge in [0, 0.05) is 11.8 Å². The van der Waals surface area contributed by atoms with Crippen LogP contribution in [0.2, 0.25) is 0 Å². The van der Waals surface area contributed by atoms with Crippen molar-refractivity contribution in [2.45, 2.75) is 336 Å². The van der Waals surface area contributed by atoms with Crippen LogP contribution in [0.4, 0.5) is 0 Å². The summed E-state index contributed by atoms with van der Waals surface area (Å²) in [6.07, 6.45) is 70.3. The quantitative estimate of drug-likeness (QED) is 0.0193. The fourth-order valence-corrected chi connectivity index (χ4v) is 10.1. The first-order chi connectivity index (χ1) is 34.0.